The second kappa shape index (κ2) is 8.42. The molecule has 0 saturated carbocycles. The lowest BCUT2D eigenvalue weighted by Crippen LogP contribution is -2.40. The molecule has 29 heavy (non-hydrogen) atoms. The monoisotopic (exact) mass is 401 g/mol. The summed E-state index contributed by atoms with van der Waals surface area (Å²) in [5.74, 6) is 1.05. The zero-order valence-corrected chi connectivity index (χ0v) is 17.2. The van der Waals surface area contributed by atoms with E-state index in [1.807, 2.05) is 39.8 Å². The molecule has 9 nitrogen and oxygen atoms in total. The maximum Gasteiger partial charge on any atom is 0.410 e. The van der Waals surface area contributed by atoms with Gasteiger partial charge in [-0.25, -0.2) is 9.59 Å². The number of carbonyl (C=O) groups is 2. The Kier molecular flexibility index (Phi) is 5.95. The van der Waals surface area contributed by atoms with E-state index in [-0.39, 0.29) is 6.09 Å². The minimum atomic E-state index is -0.548. The molecule has 0 saturated heterocycles. The van der Waals surface area contributed by atoms with Crippen LogP contribution >= 0.6 is 0 Å². The third-order valence-corrected chi connectivity index (χ3v) is 4.25. The number of ether oxygens (including phenoxy) is 2. The van der Waals surface area contributed by atoms with Crippen LogP contribution in [0.15, 0.2) is 24.3 Å². The van der Waals surface area contributed by atoms with E-state index in [0.29, 0.717) is 43.4 Å². The number of amides is 3. The minimum absolute atomic E-state index is 0.355. The number of H-pyrrole nitrogens is 1. The molecule has 9 heteroatoms. The molecule has 3 amide bonds. The lowest BCUT2D eigenvalue weighted by molar-refractivity contribution is 0.0221. The lowest BCUT2D eigenvalue weighted by atomic mass is 10.1. The fourth-order valence-electron chi connectivity index (χ4n) is 3.02. The highest BCUT2D eigenvalue weighted by atomic mass is 16.6. The molecule has 156 valence electrons. The van der Waals surface area contributed by atoms with Gasteiger partial charge in [-0.15, -0.1) is 0 Å². The van der Waals surface area contributed by atoms with E-state index >= 15 is 0 Å². The van der Waals surface area contributed by atoms with Crippen LogP contribution in [0.4, 0.5) is 21.1 Å². The molecule has 0 unspecified atom stereocenters. The van der Waals surface area contributed by atoms with Crippen LogP contribution in [0.2, 0.25) is 0 Å². The number of rotatable bonds is 4. The van der Waals surface area contributed by atoms with E-state index in [0.717, 1.165) is 11.3 Å². The van der Waals surface area contributed by atoms with Crippen molar-refractivity contribution in [2.24, 2.45) is 0 Å². The van der Waals surface area contributed by atoms with Crippen molar-refractivity contribution in [3.63, 3.8) is 0 Å². The average molecular weight is 401 g/mol. The molecule has 2 aromatic rings. The first-order valence-electron chi connectivity index (χ1n) is 9.60. The van der Waals surface area contributed by atoms with Crippen molar-refractivity contribution in [3.05, 3.63) is 35.5 Å². The van der Waals surface area contributed by atoms with Crippen LogP contribution in [0.25, 0.3) is 0 Å². The van der Waals surface area contributed by atoms with Crippen molar-refractivity contribution in [2.75, 3.05) is 23.8 Å². The van der Waals surface area contributed by atoms with Crippen LogP contribution in [0.5, 0.6) is 5.75 Å². The molecule has 3 N–H and O–H groups in total. The Labute approximate surface area is 169 Å². The lowest BCUT2D eigenvalue weighted by Gasteiger charge is -2.29. The quantitative estimate of drug-likeness (QED) is 0.723. The number of hydrogen-bond acceptors (Lipinski definition) is 5. The van der Waals surface area contributed by atoms with Gasteiger partial charge in [0, 0.05) is 12.1 Å². The molecule has 0 atom stereocenters. The summed E-state index contributed by atoms with van der Waals surface area (Å²) in [6.45, 7) is 8.73. The van der Waals surface area contributed by atoms with E-state index in [9.17, 15) is 9.59 Å². The standard InChI is InChI=1S/C20H27N5O4/c1-5-28-16-9-7-6-8-14(16)21-18(26)22-17-13-10-11-25(12-15(13)23-24-17)19(27)29-20(2,3)4/h6-9H,5,10-12H2,1-4H3,(H3,21,22,23,24,26). The fourth-order valence-corrected chi connectivity index (χ4v) is 3.02. The summed E-state index contributed by atoms with van der Waals surface area (Å²) in [5, 5.41) is 12.7. The smallest absolute Gasteiger partial charge is 0.410 e. The molecule has 1 aromatic carbocycles. The second-order valence-electron chi connectivity index (χ2n) is 7.69. The number of anilines is 2. The SMILES string of the molecule is CCOc1ccccc1NC(=O)Nc1n[nH]c2c1CCN(C(=O)OC(C)(C)C)C2. The van der Waals surface area contributed by atoms with Crippen molar-refractivity contribution in [1.82, 2.24) is 15.1 Å². The van der Waals surface area contributed by atoms with Gasteiger partial charge in [0.1, 0.15) is 11.4 Å². The maximum atomic E-state index is 12.4. The van der Waals surface area contributed by atoms with Crippen molar-refractivity contribution >= 4 is 23.6 Å². The highest BCUT2D eigenvalue weighted by Crippen LogP contribution is 2.26. The van der Waals surface area contributed by atoms with Gasteiger partial charge in [0.05, 0.1) is 24.5 Å². The summed E-state index contributed by atoms with van der Waals surface area (Å²) in [7, 11) is 0. The Morgan fingerprint density at radius 2 is 2.00 bits per heavy atom. The van der Waals surface area contributed by atoms with Gasteiger partial charge < -0.3 is 19.7 Å². The highest BCUT2D eigenvalue weighted by molar-refractivity contribution is 6.00. The molecular weight excluding hydrogens is 374 g/mol. The number of benzene rings is 1. The van der Waals surface area contributed by atoms with Crippen molar-refractivity contribution in [1.29, 1.82) is 0 Å². The molecule has 1 aliphatic heterocycles. The molecule has 1 aromatic heterocycles. The Morgan fingerprint density at radius 1 is 1.24 bits per heavy atom. The zero-order valence-electron chi connectivity index (χ0n) is 17.2. The second-order valence-corrected chi connectivity index (χ2v) is 7.69. The first-order valence-corrected chi connectivity index (χ1v) is 9.60. The van der Waals surface area contributed by atoms with Crippen molar-refractivity contribution in [2.45, 2.75) is 46.3 Å². The summed E-state index contributed by atoms with van der Waals surface area (Å²) in [4.78, 5) is 26.3. The number of para-hydroxylation sites is 2. The number of nitrogens with zero attached hydrogens (tertiary/aromatic N) is 2. The predicted molar refractivity (Wildman–Crippen MR) is 109 cm³/mol. The summed E-state index contributed by atoms with van der Waals surface area (Å²) in [6, 6.07) is 6.80. The summed E-state index contributed by atoms with van der Waals surface area (Å²) >= 11 is 0. The number of hydrogen-bond donors (Lipinski definition) is 3. The van der Waals surface area contributed by atoms with Gasteiger partial charge in [-0.2, -0.15) is 5.10 Å². The average Bonchev–Trinajstić information content (AvgIpc) is 3.04. The van der Waals surface area contributed by atoms with Gasteiger partial charge in [-0.05, 0) is 46.2 Å². The molecule has 0 spiro atoms. The van der Waals surface area contributed by atoms with E-state index in [1.54, 1.807) is 17.0 Å². The van der Waals surface area contributed by atoms with Gasteiger partial charge in [-0.3, -0.25) is 10.4 Å². The largest absolute Gasteiger partial charge is 0.492 e. The number of nitrogens with one attached hydrogen (secondary N) is 3. The van der Waals surface area contributed by atoms with Crippen molar-refractivity contribution in [3.8, 4) is 5.75 Å². The Morgan fingerprint density at radius 3 is 2.72 bits per heavy atom. The van der Waals surface area contributed by atoms with E-state index in [4.69, 9.17) is 9.47 Å². The first-order chi connectivity index (χ1) is 13.8. The summed E-state index contributed by atoms with van der Waals surface area (Å²) < 4.78 is 10.9. The molecule has 0 bridgehead atoms. The highest BCUT2D eigenvalue weighted by Gasteiger charge is 2.28. The van der Waals surface area contributed by atoms with Gasteiger partial charge in [0.25, 0.3) is 0 Å². The van der Waals surface area contributed by atoms with Crippen molar-refractivity contribution < 1.29 is 19.1 Å². The Hall–Kier alpha value is -3.23. The minimum Gasteiger partial charge on any atom is -0.492 e. The molecule has 2 heterocycles. The third kappa shape index (κ3) is 5.18. The zero-order chi connectivity index (χ0) is 21.0. The van der Waals surface area contributed by atoms with Crippen LogP contribution in [0.1, 0.15) is 39.0 Å². The topological polar surface area (TPSA) is 109 Å². The predicted octanol–water partition coefficient (Wildman–Crippen LogP) is 3.75. The first kappa shape index (κ1) is 20.5. The number of fused-ring (bicyclic) bond motifs is 1. The molecule has 1 aliphatic rings. The molecule has 0 fully saturated rings. The molecule has 0 radical (unpaired) electrons. The molecular formula is C20H27N5O4. The van der Waals surface area contributed by atoms with Gasteiger partial charge in [-0.1, -0.05) is 12.1 Å². The van der Waals surface area contributed by atoms with Crippen LogP contribution in [0, 0.1) is 0 Å². The number of aromatic amines is 1. The number of carbonyl (C=O) groups excluding carboxylic acids is 2. The summed E-state index contributed by atoms with van der Waals surface area (Å²) in [6.07, 6.45) is 0.202. The van der Waals surface area contributed by atoms with Crippen LogP contribution < -0.4 is 15.4 Å². The number of aromatic nitrogens is 2. The summed E-state index contributed by atoms with van der Waals surface area (Å²) in [5.41, 5.74) is 1.70. The van der Waals surface area contributed by atoms with Gasteiger partial charge >= 0.3 is 12.1 Å². The van der Waals surface area contributed by atoms with Gasteiger partial charge in [0.15, 0.2) is 5.82 Å². The van der Waals surface area contributed by atoms with Gasteiger partial charge in [0.2, 0.25) is 0 Å². The van der Waals surface area contributed by atoms with E-state index < -0.39 is 11.6 Å². The van der Waals surface area contributed by atoms with E-state index in [1.165, 1.54) is 0 Å². The van der Waals surface area contributed by atoms with Crippen LogP contribution in [-0.2, 0) is 17.7 Å². The molecule has 3 rings (SSSR count). The Balaban J connectivity index is 1.64. The van der Waals surface area contributed by atoms with E-state index in [2.05, 4.69) is 20.8 Å². The normalized spacial score (nSPS) is 13.4. The Bertz CT molecular complexity index is 887. The van der Waals surface area contributed by atoms with Crippen LogP contribution in [-0.4, -0.2) is 46.0 Å². The van der Waals surface area contributed by atoms with Crippen LogP contribution in [0.3, 0.4) is 0 Å². The third-order valence-electron chi connectivity index (χ3n) is 4.25. The molecule has 0 aliphatic carbocycles. The fraction of sp³-hybridized carbons (Fsp3) is 0.450. The maximum absolute atomic E-state index is 12.4. The number of urea groups is 1.